The molecule has 2 atom stereocenters. The highest BCUT2D eigenvalue weighted by atomic mass is 32.2. The lowest BCUT2D eigenvalue weighted by atomic mass is 10.1. The van der Waals surface area contributed by atoms with Gasteiger partial charge < -0.3 is 9.47 Å². The molecule has 1 saturated heterocycles. The molecule has 0 spiro atoms. The minimum atomic E-state index is -3.60. The third kappa shape index (κ3) is 4.05. The maximum atomic E-state index is 13.1. The van der Waals surface area contributed by atoms with Gasteiger partial charge in [0.2, 0.25) is 10.0 Å². The number of sulfonamides is 1. The highest BCUT2D eigenvalue weighted by molar-refractivity contribution is 7.89. The van der Waals surface area contributed by atoms with Crippen molar-refractivity contribution < 1.29 is 17.9 Å². The van der Waals surface area contributed by atoms with Gasteiger partial charge in [-0.3, -0.25) is 0 Å². The van der Waals surface area contributed by atoms with Gasteiger partial charge in [-0.05, 0) is 57.4 Å². The third-order valence-electron chi connectivity index (χ3n) is 4.03. The topological polar surface area (TPSA) is 55.8 Å². The van der Waals surface area contributed by atoms with Crippen molar-refractivity contribution in [2.75, 3.05) is 19.7 Å². The van der Waals surface area contributed by atoms with Crippen LogP contribution in [0.25, 0.3) is 0 Å². The maximum Gasteiger partial charge on any atom is 0.246 e. The number of nitrogens with zero attached hydrogens (tertiary/aromatic N) is 1. The summed E-state index contributed by atoms with van der Waals surface area (Å²) in [5.41, 5.74) is 1.97. The summed E-state index contributed by atoms with van der Waals surface area (Å²) in [6.07, 6.45) is 0.609. The summed E-state index contributed by atoms with van der Waals surface area (Å²) in [5.74, 6) is 0.446. The van der Waals surface area contributed by atoms with Crippen molar-refractivity contribution in [2.24, 2.45) is 0 Å². The molecule has 0 aliphatic carbocycles. The van der Waals surface area contributed by atoms with E-state index in [2.05, 4.69) is 0 Å². The zero-order valence-corrected chi connectivity index (χ0v) is 15.4. The minimum absolute atomic E-state index is 0.111. The summed E-state index contributed by atoms with van der Waals surface area (Å²) in [4.78, 5) is 0.260. The lowest BCUT2D eigenvalue weighted by Gasteiger charge is -2.34. The third-order valence-corrected chi connectivity index (χ3v) is 5.88. The van der Waals surface area contributed by atoms with Crippen LogP contribution in [0.1, 0.15) is 38.3 Å². The van der Waals surface area contributed by atoms with Crippen LogP contribution in [-0.2, 0) is 14.8 Å². The Morgan fingerprint density at radius 3 is 2.30 bits per heavy atom. The van der Waals surface area contributed by atoms with Crippen LogP contribution in [0, 0.1) is 13.8 Å². The molecule has 1 aliphatic rings. The SMILES string of the molecule is CCCOc1cc(C)c(C)cc1S(=O)(=O)N1CC(C)OC(C)C1. The molecule has 130 valence electrons. The van der Waals surface area contributed by atoms with Crippen LogP contribution in [0.4, 0.5) is 0 Å². The Morgan fingerprint density at radius 1 is 1.17 bits per heavy atom. The molecule has 0 aromatic heterocycles. The first kappa shape index (κ1) is 18.2. The van der Waals surface area contributed by atoms with E-state index in [9.17, 15) is 8.42 Å². The molecular formula is C17H27NO4S. The van der Waals surface area contributed by atoms with Crippen molar-refractivity contribution in [3.63, 3.8) is 0 Å². The van der Waals surface area contributed by atoms with Gasteiger partial charge >= 0.3 is 0 Å². The summed E-state index contributed by atoms with van der Waals surface area (Å²) in [6.45, 7) is 10.9. The lowest BCUT2D eigenvalue weighted by Crippen LogP contribution is -2.48. The highest BCUT2D eigenvalue weighted by Crippen LogP contribution is 2.31. The van der Waals surface area contributed by atoms with Gasteiger partial charge in [0, 0.05) is 13.1 Å². The molecule has 2 rings (SSSR count). The highest BCUT2D eigenvalue weighted by Gasteiger charge is 2.34. The molecule has 6 heteroatoms. The number of morpholine rings is 1. The van der Waals surface area contributed by atoms with E-state index >= 15 is 0 Å². The Bertz CT molecular complexity index is 647. The monoisotopic (exact) mass is 341 g/mol. The van der Waals surface area contributed by atoms with E-state index in [4.69, 9.17) is 9.47 Å². The second-order valence-electron chi connectivity index (χ2n) is 6.31. The van der Waals surface area contributed by atoms with Crippen molar-refractivity contribution in [3.8, 4) is 5.75 Å². The number of aryl methyl sites for hydroxylation is 2. The predicted molar refractivity (Wildman–Crippen MR) is 90.5 cm³/mol. The standard InChI is InChI=1S/C17H27NO4S/c1-6-7-21-16-8-12(2)13(3)9-17(16)23(19,20)18-10-14(4)22-15(5)11-18/h8-9,14-15H,6-7,10-11H2,1-5H3. The second kappa shape index (κ2) is 7.20. The van der Waals surface area contributed by atoms with E-state index in [0.29, 0.717) is 25.4 Å². The van der Waals surface area contributed by atoms with E-state index in [1.807, 2.05) is 40.7 Å². The van der Waals surface area contributed by atoms with Crippen molar-refractivity contribution in [3.05, 3.63) is 23.3 Å². The van der Waals surface area contributed by atoms with Crippen LogP contribution in [0.15, 0.2) is 17.0 Å². The lowest BCUT2D eigenvalue weighted by molar-refractivity contribution is -0.0441. The van der Waals surface area contributed by atoms with E-state index < -0.39 is 10.0 Å². The molecule has 1 fully saturated rings. The van der Waals surface area contributed by atoms with E-state index in [-0.39, 0.29) is 17.1 Å². The van der Waals surface area contributed by atoms with Gasteiger partial charge in [0.25, 0.3) is 0 Å². The van der Waals surface area contributed by atoms with Crippen LogP contribution in [0.5, 0.6) is 5.75 Å². The fraction of sp³-hybridized carbons (Fsp3) is 0.647. The van der Waals surface area contributed by atoms with Gasteiger partial charge in [-0.15, -0.1) is 0 Å². The molecule has 1 aromatic rings. The Hall–Kier alpha value is -1.11. The summed E-state index contributed by atoms with van der Waals surface area (Å²) < 4.78 is 39.1. The van der Waals surface area contributed by atoms with Crippen molar-refractivity contribution in [1.29, 1.82) is 0 Å². The van der Waals surface area contributed by atoms with Crippen molar-refractivity contribution >= 4 is 10.0 Å². The molecule has 0 radical (unpaired) electrons. The number of hydrogen-bond acceptors (Lipinski definition) is 4. The summed E-state index contributed by atoms with van der Waals surface area (Å²) in [5, 5.41) is 0. The van der Waals surface area contributed by atoms with Crippen LogP contribution in [-0.4, -0.2) is 44.6 Å². The van der Waals surface area contributed by atoms with Gasteiger partial charge in [-0.1, -0.05) is 6.92 Å². The molecule has 1 aliphatic heterocycles. The van der Waals surface area contributed by atoms with Crippen LogP contribution in [0.3, 0.4) is 0 Å². The van der Waals surface area contributed by atoms with Gasteiger partial charge in [-0.2, -0.15) is 4.31 Å². The smallest absolute Gasteiger partial charge is 0.246 e. The Balaban J connectivity index is 2.43. The molecule has 1 aromatic carbocycles. The first-order valence-electron chi connectivity index (χ1n) is 8.15. The van der Waals surface area contributed by atoms with Gasteiger partial charge in [0.05, 0.1) is 18.8 Å². The molecule has 23 heavy (non-hydrogen) atoms. The average Bonchev–Trinajstić information content (AvgIpc) is 2.47. The fourth-order valence-electron chi connectivity index (χ4n) is 2.76. The van der Waals surface area contributed by atoms with E-state index in [1.54, 1.807) is 6.07 Å². The van der Waals surface area contributed by atoms with Gasteiger partial charge in [0.1, 0.15) is 10.6 Å². The quantitative estimate of drug-likeness (QED) is 0.826. The van der Waals surface area contributed by atoms with Gasteiger partial charge in [0.15, 0.2) is 0 Å². The molecule has 0 amide bonds. The van der Waals surface area contributed by atoms with Crippen LogP contribution in [0.2, 0.25) is 0 Å². The molecule has 5 nitrogen and oxygen atoms in total. The fourth-order valence-corrected chi connectivity index (χ4v) is 4.54. The molecule has 0 saturated carbocycles. The minimum Gasteiger partial charge on any atom is -0.492 e. The zero-order chi connectivity index (χ0) is 17.2. The largest absolute Gasteiger partial charge is 0.492 e. The normalized spacial score (nSPS) is 23.0. The van der Waals surface area contributed by atoms with Crippen LogP contribution < -0.4 is 4.74 Å². The summed E-state index contributed by atoms with van der Waals surface area (Å²) >= 11 is 0. The van der Waals surface area contributed by atoms with Gasteiger partial charge in [-0.25, -0.2) is 8.42 Å². The average molecular weight is 341 g/mol. The maximum absolute atomic E-state index is 13.1. The molecule has 0 bridgehead atoms. The summed E-state index contributed by atoms with van der Waals surface area (Å²) in [7, 11) is -3.60. The van der Waals surface area contributed by atoms with E-state index in [0.717, 1.165) is 17.5 Å². The number of ether oxygens (including phenoxy) is 2. The van der Waals surface area contributed by atoms with Crippen LogP contribution >= 0.6 is 0 Å². The summed E-state index contributed by atoms with van der Waals surface area (Å²) in [6, 6.07) is 3.55. The Labute approximate surface area is 139 Å². The zero-order valence-electron chi connectivity index (χ0n) is 14.6. The first-order chi connectivity index (χ1) is 10.8. The van der Waals surface area contributed by atoms with Crippen molar-refractivity contribution in [2.45, 2.75) is 58.1 Å². The number of benzene rings is 1. The second-order valence-corrected chi connectivity index (χ2v) is 8.22. The van der Waals surface area contributed by atoms with Crippen molar-refractivity contribution in [1.82, 2.24) is 4.31 Å². The predicted octanol–water partition coefficient (Wildman–Crippen LogP) is 2.89. The number of rotatable bonds is 5. The van der Waals surface area contributed by atoms with E-state index in [1.165, 1.54) is 4.31 Å². The molecule has 0 N–H and O–H groups in total. The number of hydrogen-bond donors (Lipinski definition) is 0. The Morgan fingerprint density at radius 2 is 1.74 bits per heavy atom. The first-order valence-corrected chi connectivity index (χ1v) is 9.59. The molecular weight excluding hydrogens is 314 g/mol. The molecule has 1 heterocycles. The Kier molecular flexibility index (Phi) is 5.70. The molecule has 2 unspecified atom stereocenters.